The lowest BCUT2D eigenvalue weighted by atomic mass is 10.1. The fraction of sp³-hybridized carbons (Fsp3) is 0.231. The Morgan fingerprint density at radius 1 is 1.38 bits per heavy atom. The number of carbonyl (C=O) groups is 1. The lowest BCUT2D eigenvalue weighted by Crippen LogP contribution is -2.14. The highest BCUT2D eigenvalue weighted by Gasteiger charge is 2.24. The molecule has 8 heteroatoms. The van der Waals surface area contributed by atoms with Crippen LogP contribution in [0, 0.1) is 24.0 Å². The van der Waals surface area contributed by atoms with Gasteiger partial charge in [-0.25, -0.2) is 4.98 Å². The standard InChI is InChI=1S/C13H14N4O3S/c1-7-8(2)21-13(15-7)16-12(18)9-5-4-6-10(14-3)11(9)17(19)20/h4-6,14H,1-3H3,(H,15,16,18). The SMILES string of the molecule is CNc1cccc(C(=O)Nc2nc(C)c(C)s2)c1[N+](=O)[O-]. The molecule has 0 bridgehead atoms. The minimum absolute atomic E-state index is 0.00245. The van der Waals surface area contributed by atoms with Crippen molar-refractivity contribution in [1.29, 1.82) is 0 Å². The van der Waals surface area contributed by atoms with E-state index in [0.29, 0.717) is 10.8 Å². The number of nitro groups is 1. The number of hydrogen-bond acceptors (Lipinski definition) is 6. The van der Waals surface area contributed by atoms with E-state index in [1.165, 1.54) is 17.4 Å². The van der Waals surface area contributed by atoms with E-state index < -0.39 is 10.8 Å². The number of para-hydroxylation sites is 1. The molecule has 0 fully saturated rings. The van der Waals surface area contributed by atoms with E-state index in [9.17, 15) is 14.9 Å². The van der Waals surface area contributed by atoms with Crippen molar-refractivity contribution in [2.45, 2.75) is 13.8 Å². The molecule has 0 unspecified atom stereocenters. The quantitative estimate of drug-likeness (QED) is 0.668. The third-order valence-corrected chi connectivity index (χ3v) is 3.97. The van der Waals surface area contributed by atoms with Gasteiger partial charge in [0.25, 0.3) is 5.91 Å². The van der Waals surface area contributed by atoms with Crippen LogP contribution in [0.5, 0.6) is 0 Å². The smallest absolute Gasteiger partial charge is 0.305 e. The van der Waals surface area contributed by atoms with Gasteiger partial charge in [-0.05, 0) is 26.0 Å². The Balaban J connectivity index is 2.37. The van der Waals surface area contributed by atoms with E-state index in [1.54, 1.807) is 19.2 Å². The van der Waals surface area contributed by atoms with E-state index in [-0.39, 0.29) is 11.3 Å². The monoisotopic (exact) mass is 306 g/mol. The maximum atomic E-state index is 12.3. The van der Waals surface area contributed by atoms with Gasteiger partial charge in [0.15, 0.2) is 5.13 Å². The highest BCUT2D eigenvalue weighted by Crippen LogP contribution is 2.29. The zero-order valence-electron chi connectivity index (χ0n) is 11.8. The minimum Gasteiger partial charge on any atom is -0.383 e. The van der Waals surface area contributed by atoms with E-state index in [0.717, 1.165) is 10.6 Å². The lowest BCUT2D eigenvalue weighted by Gasteiger charge is -2.07. The molecule has 0 aliphatic heterocycles. The van der Waals surface area contributed by atoms with E-state index in [2.05, 4.69) is 15.6 Å². The highest BCUT2D eigenvalue weighted by molar-refractivity contribution is 7.15. The van der Waals surface area contributed by atoms with Crippen molar-refractivity contribution in [2.24, 2.45) is 0 Å². The molecule has 0 aliphatic carbocycles. The number of amides is 1. The van der Waals surface area contributed by atoms with Crippen molar-refractivity contribution < 1.29 is 9.72 Å². The van der Waals surface area contributed by atoms with Gasteiger partial charge in [-0.15, -0.1) is 11.3 Å². The number of nitrogens with one attached hydrogen (secondary N) is 2. The molecule has 1 amide bonds. The topological polar surface area (TPSA) is 97.2 Å². The van der Waals surface area contributed by atoms with Crippen LogP contribution in [0.25, 0.3) is 0 Å². The molecule has 1 heterocycles. The first kappa shape index (κ1) is 14.9. The van der Waals surface area contributed by atoms with Crippen LogP contribution in [0.4, 0.5) is 16.5 Å². The summed E-state index contributed by atoms with van der Waals surface area (Å²) in [5, 5.41) is 16.9. The molecule has 0 atom stereocenters. The van der Waals surface area contributed by atoms with Gasteiger partial charge in [0.2, 0.25) is 0 Å². The molecule has 0 saturated heterocycles. The molecule has 21 heavy (non-hydrogen) atoms. The first-order chi connectivity index (χ1) is 9.93. The summed E-state index contributed by atoms with van der Waals surface area (Å²) in [6, 6.07) is 4.56. The van der Waals surface area contributed by atoms with Gasteiger partial charge in [0.1, 0.15) is 11.3 Å². The number of aromatic nitrogens is 1. The van der Waals surface area contributed by atoms with Gasteiger partial charge < -0.3 is 5.32 Å². The molecule has 1 aromatic heterocycles. The van der Waals surface area contributed by atoms with Crippen LogP contribution in [-0.4, -0.2) is 22.9 Å². The second-order valence-corrected chi connectivity index (χ2v) is 5.53. The molecule has 0 radical (unpaired) electrons. The number of thiazole rings is 1. The maximum Gasteiger partial charge on any atom is 0.305 e. The number of rotatable bonds is 4. The average Bonchev–Trinajstić information content (AvgIpc) is 2.76. The number of carbonyl (C=O) groups excluding carboxylic acids is 1. The molecule has 2 aromatic rings. The van der Waals surface area contributed by atoms with Crippen molar-refractivity contribution in [2.75, 3.05) is 17.7 Å². The normalized spacial score (nSPS) is 10.2. The van der Waals surface area contributed by atoms with Gasteiger partial charge in [-0.3, -0.25) is 20.2 Å². The molecule has 1 aromatic carbocycles. The van der Waals surface area contributed by atoms with Crippen molar-refractivity contribution in [3.8, 4) is 0 Å². The predicted octanol–water partition coefficient (Wildman–Crippen LogP) is 2.96. The number of nitro benzene ring substituents is 1. The summed E-state index contributed by atoms with van der Waals surface area (Å²) < 4.78 is 0. The third-order valence-electron chi connectivity index (χ3n) is 2.98. The molecule has 7 nitrogen and oxygen atoms in total. The Morgan fingerprint density at radius 2 is 2.10 bits per heavy atom. The Kier molecular flexibility index (Phi) is 4.18. The highest BCUT2D eigenvalue weighted by atomic mass is 32.1. The third kappa shape index (κ3) is 3.00. The Labute approximate surface area is 125 Å². The van der Waals surface area contributed by atoms with Gasteiger partial charge >= 0.3 is 5.69 Å². The predicted molar refractivity (Wildman–Crippen MR) is 82.2 cm³/mol. The molecule has 2 rings (SSSR count). The van der Waals surface area contributed by atoms with Gasteiger partial charge in [0.05, 0.1) is 10.6 Å². The molecular formula is C13H14N4O3S. The summed E-state index contributed by atoms with van der Waals surface area (Å²) in [6.45, 7) is 3.73. The van der Waals surface area contributed by atoms with E-state index in [1.807, 2.05) is 13.8 Å². The fourth-order valence-corrected chi connectivity index (χ4v) is 2.63. The van der Waals surface area contributed by atoms with E-state index in [4.69, 9.17) is 0 Å². The summed E-state index contributed by atoms with van der Waals surface area (Å²) >= 11 is 1.33. The molecular weight excluding hydrogens is 292 g/mol. The second kappa shape index (κ2) is 5.88. The van der Waals surface area contributed by atoms with Crippen LogP contribution < -0.4 is 10.6 Å². The molecule has 0 saturated carbocycles. The first-order valence-corrected chi connectivity index (χ1v) is 6.96. The largest absolute Gasteiger partial charge is 0.383 e. The summed E-state index contributed by atoms with van der Waals surface area (Å²) in [6.07, 6.45) is 0. The van der Waals surface area contributed by atoms with Crippen molar-refractivity contribution in [3.63, 3.8) is 0 Å². The van der Waals surface area contributed by atoms with Gasteiger partial charge in [0, 0.05) is 11.9 Å². The zero-order chi connectivity index (χ0) is 15.6. The van der Waals surface area contributed by atoms with Crippen molar-refractivity contribution in [3.05, 3.63) is 44.4 Å². The summed E-state index contributed by atoms with van der Waals surface area (Å²) in [4.78, 5) is 28.1. The van der Waals surface area contributed by atoms with Crippen LogP contribution in [-0.2, 0) is 0 Å². The summed E-state index contributed by atoms with van der Waals surface area (Å²) in [5.74, 6) is -0.549. The van der Waals surface area contributed by atoms with Crippen LogP contribution in [0.2, 0.25) is 0 Å². The Hall–Kier alpha value is -2.48. The zero-order valence-corrected chi connectivity index (χ0v) is 12.6. The number of aryl methyl sites for hydroxylation is 2. The fourth-order valence-electron chi connectivity index (χ4n) is 1.82. The van der Waals surface area contributed by atoms with Gasteiger partial charge in [-0.1, -0.05) is 6.07 Å². The average molecular weight is 306 g/mol. The van der Waals surface area contributed by atoms with Gasteiger partial charge in [-0.2, -0.15) is 0 Å². The second-order valence-electron chi connectivity index (χ2n) is 4.32. The van der Waals surface area contributed by atoms with Crippen LogP contribution in [0.1, 0.15) is 20.9 Å². The minimum atomic E-state index is -0.570. The molecule has 0 spiro atoms. The summed E-state index contributed by atoms with van der Waals surface area (Å²) in [7, 11) is 1.57. The number of anilines is 2. The Bertz CT molecular complexity index is 692. The molecule has 110 valence electrons. The summed E-state index contributed by atoms with van der Waals surface area (Å²) in [5.41, 5.74) is 0.868. The Morgan fingerprint density at radius 3 is 2.62 bits per heavy atom. The number of benzene rings is 1. The molecule has 0 aliphatic rings. The maximum absolute atomic E-state index is 12.3. The van der Waals surface area contributed by atoms with Crippen LogP contribution >= 0.6 is 11.3 Å². The lowest BCUT2D eigenvalue weighted by molar-refractivity contribution is -0.384. The van der Waals surface area contributed by atoms with Crippen molar-refractivity contribution in [1.82, 2.24) is 4.98 Å². The first-order valence-electron chi connectivity index (χ1n) is 6.14. The number of hydrogen-bond donors (Lipinski definition) is 2. The van der Waals surface area contributed by atoms with Crippen molar-refractivity contribution >= 4 is 33.8 Å². The molecule has 2 N–H and O–H groups in total. The van der Waals surface area contributed by atoms with Crippen LogP contribution in [0.15, 0.2) is 18.2 Å². The van der Waals surface area contributed by atoms with Crippen LogP contribution in [0.3, 0.4) is 0 Å². The number of nitrogens with zero attached hydrogens (tertiary/aromatic N) is 2. The van der Waals surface area contributed by atoms with E-state index >= 15 is 0 Å².